The first-order chi connectivity index (χ1) is 14.2. The van der Waals surface area contributed by atoms with Crippen LogP contribution in [0.4, 0.5) is 0 Å². The van der Waals surface area contributed by atoms with E-state index in [4.69, 9.17) is 4.99 Å². The smallest absolute Gasteiger partial charge is 0.194 e. The minimum Gasteiger partial charge on any atom is -0.357 e. The Morgan fingerprint density at radius 1 is 1.23 bits per heavy atom. The largest absolute Gasteiger partial charge is 0.357 e. The molecule has 0 aromatic carbocycles. The minimum atomic E-state index is 0. The second kappa shape index (κ2) is 11.4. The zero-order valence-corrected chi connectivity index (χ0v) is 21.8. The van der Waals surface area contributed by atoms with Crippen LogP contribution in [0.3, 0.4) is 0 Å². The molecule has 2 aliphatic heterocycles. The summed E-state index contributed by atoms with van der Waals surface area (Å²) in [5.74, 6) is 4.25. The molecule has 3 aliphatic rings. The molecule has 4 rings (SSSR count). The number of thioether (sulfide) groups is 1. The van der Waals surface area contributed by atoms with Crippen molar-refractivity contribution in [3.63, 3.8) is 0 Å². The van der Waals surface area contributed by atoms with Crippen molar-refractivity contribution in [2.75, 3.05) is 50.8 Å². The molecular formula is C22H39IN6S. The van der Waals surface area contributed by atoms with Crippen LogP contribution >= 0.6 is 35.7 Å². The van der Waals surface area contributed by atoms with Gasteiger partial charge in [-0.1, -0.05) is 19.3 Å². The number of aliphatic imine (C=N–C) groups is 1. The van der Waals surface area contributed by atoms with Gasteiger partial charge in [-0.05, 0) is 31.7 Å². The molecule has 2 saturated heterocycles. The van der Waals surface area contributed by atoms with Crippen LogP contribution < -0.4 is 5.32 Å². The third-order valence-electron chi connectivity index (χ3n) is 7.01. The maximum absolute atomic E-state index is 5.26. The normalized spacial score (nSPS) is 25.2. The summed E-state index contributed by atoms with van der Waals surface area (Å²) >= 11 is 2.11. The van der Waals surface area contributed by atoms with Gasteiger partial charge < -0.3 is 10.2 Å². The summed E-state index contributed by atoms with van der Waals surface area (Å²) in [6.07, 6.45) is 12.1. The summed E-state index contributed by atoms with van der Waals surface area (Å²) in [4.78, 5) is 10.5. The summed E-state index contributed by atoms with van der Waals surface area (Å²) in [5, 5.41) is 7.96. The van der Waals surface area contributed by atoms with E-state index < -0.39 is 0 Å². The van der Waals surface area contributed by atoms with E-state index in [-0.39, 0.29) is 24.0 Å². The van der Waals surface area contributed by atoms with Crippen molar-refractivity contribution in [2.45, 2.75) is 56.9 Å². The summed E-state index contributed by atoms with van der Waals surface area (Å²) < 4.78 is 1.92. The molecule has 1 unspecified atom stereocenters. The summed E-state index contributed by atoms with van der Waals surface area (Å²) in [6, 6.07) is 0. The van der Waals surface area contributed by atoms with Crippen LogP contribution in [0.2, 0.25) is 0 Å². The van der Waals surface area contributed by atoms with E-state index in [1.807, 2.05) is 17.9 Å². The number of hydrogen-bond acceptors (Lipinski definition) is 4. The molecule has 1 aliphatic carbocycles. The second-order valence-corrected chi connectivity index (χ2v) is 10.2. The van der Waals surface area contributed by atoms with Crippen LogP contribution in [0, 0.1) is 0 Å². The Bertz CT molecular complexity index is 681. The lowest BCUT2D eigenvalue weighted by Gasteiger charge is -2.47. The molecule has 0 spiro atoms. The van der Waals surface area contributed by atoms with Gasteiger partial charge in [-0.15, -0.1) is 24.0 Å². The minimum absolute atomic E-state index is 0. The molecule has 0 bridgehead atoms. The standard InChI is InChI=1S/C22H38N6S.HI/c1-3-23-21(27-10-7-19(17-27)20-15-25-26(2)16-20)24-18-22(8-5-4-6-9-22)28-11-13-29-14-12-28;/h15-16,19H,3-14,17-18H2,1-2H3,(H,23,24);1H. The van der Waals surface area contributed by atoms with Gasteiger partial charge in [0.15, 0.2) is 5.96 Å². The Morgan fingerprint density at radius 2 is 2.00 bits per heavy atom. The molecule has 1 saturated carbocycles. The summed E-state index contributed by atoms with van der Waals surface area (Å²) in [7, 11) is 2.00. The summed E-state index contributed by atoms with van der Waals surface area (Å²) in [6.45, 7) is 8.67. The molecule has 1 aromatic rings. The maximum atomic E-state index is 5.26. The number of aromatic nitrogens is 2. The van der Waals surface area contributed by atoms with Crippen molar-refractivity contribution < 1.29 is 0 Å². The Labute approximate surface area is 203 Å². The number of rotatable bonds is 5. The van der Waals surface area contributed by atoms with Crippen LogP contribution in [-0.4, -0.2) is 81.9 Å². The number of nitrogens with one attached hydrogen (secondary N) is 1. The number of guanidine groups is 1. The van der Waals surface area contributed by atoms with Gasteiger partial charge in [-0.25, -0.2) is 0 Å². The van der Waals surface area contributed by atoms with Crippen molar-refractivity contribution in [3.8, 4) is 0 Å². The molecule has 3 fully saturated rings. The van der Waals surface area contributed by atoms with Gasteiger partial charge in [0, 0.05) is 68.9 Å². The van der Waals surface area contributed by atoms with E-state index in [9.17, 15) is 0 Å². The van der Waals surface area contributed by atoms with E-state index in [0.717, 1.165) is 32.1 Å². The highest BCUT2D eigenvalue weighted by molar-refractivity contribution is 14.0. The van der Waals surface area contributed by atoms with Crippen LogP contribution in [0.5, 0.6) is 0 Å². The zero-order chi connectivity index (χ0) is 20.1. The lowest BCUT2D eigenvalue weighted by molar-refractivity contribution is 0.0670. The first-order valence-corrected chi connectivity index (χ1v) is 12.7. The fraction of sp³-hybridized carbons (Fsp3) is 0.818. The van der Waals surface area contributed by atoms with Crippen molar-refractivity contribution >= 4 is 41.7 Å². The SMILES string of the molecule is CCNC(=NCC1(N2CCSCC2)CCCCC1)N1CCC(c2cnn(C)c2)C1.I. The van der Waals surface area contributed by atoms with Gasteiger partial charge >= 0.3 is 0 Å². The Morgan fingerprint density at radius 3 is 2.67 bits per heavy atom. The molecule has 1 N–H and O–H groups in total. The molecule has 1 aromatic heterocycles. The number of halogens is 1. The second-order valence-electron chi connectivity index (χ2n) is 8.93. The predicted octanol–water partition coefficient (Wildman–Crippen LogP) is 3.54. The van der Waals surface area contributed by atoms with Crippen LogP contribution in [0.25, 0.3) is 0 Å². The van der Waals surface area contributed by atoms with E-state index in [1.54, 1.807) is 0 Å². The highest BCUT2D eigenvalue weighted by Gasteiger charge is 2.38. The van der Waals surface area contributed by atoms with Crippen LogP contribution in [0.1, 0.15) is 56.9 Å². The highest BCUT2D eigenvalue weighted by Crippen LogP contribution is 2.36. The maximum Gasteiger partial charge on any atom is 0.194 e. The van der Waals surface area contributed by atoms with Gasteiger partial charge in [0.25, 0.3) is 0 Å². The molecule has 8 heteroatoms. The molecule has 0 radical (unpaired) electrons. The van der Waals surface area contributed by atoms with Crippen molar-refractivity contribution in [1.82, 2.24) is 24.9 Å². The average molecular weight is 547 g/mol. The fourth-order valence-electron chi connectivity index (χ4n) is 5.35. The van der Waals surface area contributed by atoms with E-state index in [1.165, 1.54) is 68.7 Å². The molecular weight excluding hydrogens is 507 g/mol. The number of nitrogens with zero attached hydrogens (tertiary/aromatic N) is 5. The van der Waals surface area contributed by atoms with Crippen LogP contribution in [0.15, 0.2) is 17.4 Å². The first kappa shape index (κ1) is 24.2. The quantitative estimate of drug-likeness (QED) is 0.348. The van der Waals surface area contributed by atoms with Crippen molar-refractivity contribution in [1.29, 1.82) is 0 Å². The topological polar surface area (TPSA) is 48.7 Å². The number of aryl methyl sites for hydroxylation is 1. The van der Waals surface area contributed by atoms with Gasteiger partial charge in [0.1, 0.15) is 0 Å². The van der Waals surface area contributed by atoms with Gasteiger partial charge in [0.05, 0.1) is 12.7 Å². The molecule has 30 heavy (non-hydrogen) atoms. The molecule has 170 valence electrons. The third-order valence-corrected chi connectivity index (χ3v) is 7.95. The first-order valence-electron chi connectivity index (χ1n) is 11.5. The van der Waals surface area contributed by atoms with Gasteiger partial charge in [-0.2, -0.15) is 16.9 Å². The Hall–Kier alpha value is -0.480. The Kier molecular flexibility index (Phi) is 9.19. The predicted molar refractivity (Wildman–Crippen MR) is 138 cm³/mol. The van der Waals surface area contributed by atoms with Crippen molar-refractivity contribution in [2.24, 2.45) is 12.0 Å². The molecule has 0 amide bonds. The number of likely N-dealkylation sites (tertiary alicyclic amines) is 1. The van der Waals surface area contributed by atoms with Gasteiger partial charge in [0.2, 0.25) is 0 Å². The molecule has 3 heterocycles. The fourth-order valence-corrected chi connectivity index (χ4v) is 6.25. The third kappa shape index (κ3) is 5.65. The van der Waals surface area contributed by atoms with E-state index in [0.29, 0.717) is 11.5 Å². The summed E-state index contributed by atoms with van der Waals surface area (Å²) in [5.41, 5.74) is 1.66. The van der Waals surface area contributed by atoms with E-state index >= 15 is 0 Å². The monoisotopic (exact) mass is 546 g/mol. The molecule has 6 nitrogen and oxygen atoms in total. The lowest BCUT2D eigenvalue weighted by atomic mass is 9.80. The lowest BCUT2D eigenvalue weighted by Crippen LogP contribution is -2.55. The van der Waals surface area contributed by atoms with Crippen molar-refractivity contribution in [3.05, 3.63) is 18.0 Å². The average Bonchev–Trinajstić information content (AvgIpc) is 3.42. The molecule has 1 atom stereocenters. The van der Waals surface area contributed by atoms with E-state index in [2.05, 4.69) is 45.1 Å². The Balaban J connectivity index is 0.00000256. The van der Waals surface area contributed by atoms with Gasteiger partial charge in [-0.3, -0.25) is 14.6 Å². The highest BCUT2D eigenvalue weighted by atomic mass is 127. The number of hydrogen-bond donors (Lipinski definition) is 1. The zero-order valence-electron chi connectivity index (χ0n) is 18.7. The van der Waals surface area contributed by atoms with Crippen LogP contribution in [-0.2, 0) is 7.05 Å².